The highest BCUT2D eigenvalue weighted by molar-refractivity contribution is 6.43. The molecule has 1 N–H and O–H groups in total. The molecular weight excluding hydrogens is 447 g/mol. The second-order valence-electron chi connectivity index (χ2n) is 7.79. The van der Waals surface area contributed by atoms with Gasteiger partial charge in [0.25, 0.3) is 5.91 Å². The predicted octanol–water partition coefficient (Wildman–Crippen LogP) is 4.90. The Hall–Kier alpha value is -2.54. The van der Waals surface area contributed by atoms with Gasteiger partial charge < -0.3 is 14.6 Å². The number of nitrogens with zero attached hydrogens (tertiary/aromatic N) is 3. The van der Waals surface area contributed by atoms with Crippen molar-refractivity contribution in [1.82, 2.24) is 15.2 Å². The first-order valence-electron chi connectivity index (χ1n) is 10.8. The lowest BCUT2D eigenvalue weighted by Crippen LogP contribution is -2.47. The Morgan fingerprint density at radius 3 is 2.56 bits per heavy atom. The van der Waals surface area contributed by atoms with E-state index < -0.39 is 0 Å². The van der Waals surface area contributed by atoms with Gasteiger partial charge in [-0.3, -0.25) is 9.69 Å². The highest BCUT2D eigenvalue weighted by Gasteiger charge is 2.21. The van der Waals surface area contributed by atoms with Crippen LogP contribution in [-0.2, 0) is 0 Å². The number of hydrogen-bond acceptors (Lipinski definition) is 5. The third kappa shape index (κ3) is 5.26. The molecule has 1 saturated heterocycles. The number of halogens is 2. The van der Waals surface area contributed by atoms with Gasteiger partial charge in [-0.2, -0.15) is 0 Å². The van der Waals surface area contributed by atoms with Crippen molar-refractivity contribution in [2.75, 3.05) is 44.2 Å². The van der Waals surface area contributed by atoms with Gasteiger partial charge >= 0.3 is 0 Å². The largest absolute Gasteiger partial charge is 0.435 e. The van der Waals surface area contributed by atoms with Crippen LogP contribution in [0.25, 0.3) is 11.3 Å². The Labute approximate surface area is 198 Å². The van der Waals surface area contributed by atoms with Crippen molar-refractivity contribution in [3.05, 3.63) is 70.2 Å². The minimum Gasteiger partial charge on any atom is -0.435 e. The Kier molecular flexibility index (Phi) is 7.35. The van der Waals surface area contributed by atoms with Crippen molar-refractivity contribution in [3.63, 3.8) is 0 Å². The molecule has 0 bridgehead atoms. The van der Waals surface area contributed by atoms with Gasteiger partial charge in [0.2, 0.25) is 5.76 Å². The Balaban J connectivity index is 1.24. The average Bonchev–Trinajstić information content (AvgIpc) is 3.21. The lowest BCUT2D eigenvalue weighted by Gasteiger charge is -2.36. The SMILES string of the molecule is Cc1nc(-c2ccccc2)c(C(=O)NCCCN2CCN(c3cccc(Cl)c3Cl)CC2)o1. The molecule has 0 radical (unpaired) electrons. The highest BCUT2D eigenvalue weighted by atomic mass is 35.5. The van der Waals surface area contributed by atoms with Crippen LogP contribution in [-0.4, -0.2) is 55.1 Å². The summed E-state index contributed by atoms with van der Waals surface area (Å²) < 4.78 is 5.59. The summed E-state index contributed by atoms with van der Waals surface area (Å²) in [5, 5.41) is 4.17. The van der Waals surface area contributed by atoms with Gasteiger partial charge in [-0.15, -0.1) is 0 Å². The lowest BCUT2D eigenvalue weighted by molar-refractivity contribution is 0.0923. The number of anilines is 1. The Bertz CT molecular complexity index is 1060. The van der Waals surface area contributed by atoms with Gasteiger partial charge in [0.15, 0.2) is 5.89 Å². The molecule has 3 aromatic rings. The fraction of sp³-hybridized carbons (Fsp3) is 0.333. The molecule has 32 heavy (non-hydrogen) atoms. The summed E-state index contributed by atoms with van der Waals surface area (Å²) in [5.41, 5.74) is 2.44. The molecule has 1 fully saturated rings. The zero-order valence-electron chi connectivity index (χ0n) is 18.0. The number of amides is 1. The van der Waals surface area contributed by atoms with E-state index in [1.54, 1.807) is 13.0 Å². The van der Waals surface area contributed by atoms with Gasteiger partial charge in [-0.25, -0.2) is 4.98 Å². The Morgan fingerprint density at radius 2 is 1.81 bits per heavy atom. The molecule has 1 aromatic heterocycles. The minimum atomic E-state index is -0.232. The van der Waals surface area contributed by atoms with E-state index in [-0.39, 0.29) is 11.7 Å². The van der Waals surface area contributed by atoms with Gasteiger partial charge in [-0.1, -0.05) is 59.6 Å². The van der Waals surface area contributed by atoms with E-state index in [2.05, 4.69) is 20.1 Å². The van der Waals surface area contributed by atoms with Gasteiger partial charge in [-0.05, 0) is 25.1 Å². The normalized spacial score (nSPS) is 14.5. The van der Waals surface area contributed by atoms with Crippen LogP contribution >= 0.6 is 23.2 Å². The summed E-state index contributed by atoms with van der Waals surface area (Å²) >= 11 is 12.5. The van der Waals surface area contributed by atoms with E-state index in [1.807, 2.05) is 42.5 Å². The van der Waals surface area contributed by atoms with Gasteiger partial charge in [0.05, 0.1) is 15.7 Å². The van der Waals surface area contributed by atoms with Crippen molar-refractivity contribution in [2.24, 2.45) is 0 Å². The Morgan fingerprint density at radius 1 is 1.06 bits per heavy atom. The monoisotopic (exact) mass is 472 g/mol. The third-order valence-corrected chi connectivity index (χ3v) is 6.38. The maximum Gasteiger partial charge on any atom is 0.289 e. The van der Waals surface area contributed by atoms with E-state index in [9.17, 15) is 4.79 Å². The number of aryl methyl sites for hydroxylation is 1. The van der Waals surface area contributed by atoms with Crippen LogP contribution in [0.2, 0.25) is 10.0 Å². The maximum absolute atomic E-state index is 12.7. The van der Waals surface area contributed by atoms with Crippen LogP contribution in [0.4, 0.5) is 5.69 Å². The first kappa shape index (κ1) is 22.6. The molecule has 0 aliphatic carbocycles. The number of piperazine rings is 1. The first-order chi connectivity index (χ1) is 15.5. The van der Waals surface area contributed by atoms with Crippen LogP contribution in [0, 0.1) is 6.92 Å². The average molecular weight is 473 g/mol. The second-order valence-corrected chi connectivity index (χ2v) is 8.57. The molecule has 4 rings (SSSR count). The quantitative estimate of drug-likeness (QED) is 0.495. The van der Waals surface area contributed by atoms with Crippen molar-refractivity contribution in [2.45, 2.75) is 13.3 Å². The van der Waals surface area contributed by atoms with Crippen LogP contribution in [0.15, 0.2) is 52.9 Å². The van der Waals surface area contributed by atoms with Crippen molar-refractivity contribution in [1.29, 1.82) is 0 Å². The standard InChI is InChI=1S/C24H26Cl2N4O2/c1-17-28-22(18-7-3-2-4-8-18)23(32-17)24(31)27-11-6-12-29-13-15-30(16-14-29)20-10-5-9-19(25)21(20)26/h2-5,7-10H,6,11-16H2,1H3,(H,27,31). The lowest BCUT2D eigenvalue weighted by atomic mass is 10.1. The molecule has 6 nitrogen and oxygen atoms in total. The fourth-order valence-electron chi connectivity index (χ4n) is 3.91. The number of nitrogens with one attached hydrogen (secondary N) is 1. The number of carbonyl (C=O) groups is 1. The number of benzene rings is 2. The van der Waals surface area contributed by atoms with Crippen LogP contribution in [0.5, 0.6) is 0 Å². The van der Waals surface area contributed by atoms with E-state index in [1.165, 1.54) is 0 Å². The van der Waals surface area contributed by atoms with Crippen LogP contribution in [0.1, 0.15) is 22.9 Å². The van der Waals surface area contributed by atoms with Crippen molar-refractivity contribution in [3.8, 4) is 11.3 Å². The summed E-state index contributed by atoms with van der Waals surface area (Å²) in [4.78, 5) is 21.7. The highest BCUT2D eigenvalue weighted by Crippen LogP contribution is 2.32. The summed E-state index contributed by atoms with van der Waals surface area (Å²) in [6.45, 7) is 6.91. The zero-order chi connectivity index (χ0) is 22.5. The molecule has 2 aromatic carbocycles. The van der Waals surface area contributed by atoms with Crippen molar-refractivity contribution < 1.29 is 9.21 Å². The van der Waals surface area contributed by atoms with Gasteiger partial charge in [0, 0.05) is 45.2 Å². The number of oxazole rings is 1. The van der Waals surface area contributed by atoms with E-state index >= 15 is 0 Å². The molecule has 1 aliphatic heterocycles. The predicted molar refractivity (Wildman–Crippen MR) is 129 cm³/mol. The van der Waals surface area contributed by atoms with Gasteiger partial charge in [0.1, 0.15) is 5.69 Å². The van der Waals surface area contributed by atoms with Crippen LogP contribution in [0.3, 0.4) is 0 Å². The molecule has 168 valence electrons. The third-order valence-electron chi connectivity index (χ3n) is 5.57. The number of aromatic nitrogens is 1. The molecule has 0 spiro atoms. The zero-order valence-corrected chi connectivity index (χ0v) is 19.5. The molecule has 2 heterocycles. The second kappa shape index (κ2) is 10.4. The topological polar surface area (TPSA) is 61.6 Å². The van der Waals surface area contributed by atoms with E-state index in [4.69, 9.17) is 27.6 Å². The fourth-order valence-corrected chi connectivity index (χ4v) is 4.32. The molecular formula is C24H26Cl2N4O2. The number of hydrogen-bond donors (Lipinski definition) is 1. The summed E-state index contributed by atoms with van der Waals surface area (Å²) in [6, 6.07) is 15.4. The summed E-state index contributed by atoms with van der Waals surface area (Å²) in [5.74, 6) is 0.511. The number of carbonyl (C=O) groups excluding carboxylic acids is 1. The minimum absolute atomic E-state index is 0.232. The molecule has 0 atom stereocenters. The smallest absolute Gasteiger partial charge is 0.289 e. The molecule has 1 aliphatic rings. The number of rotatable bonds is 7. The molecule has 0 unspecified atom stereocenters. The summed E-state index contributed by atoms with van der Waals surface area (Å²) in [7, 11) is 0. The molecule has 0 saturated carbocycles. The van der Waals surface area contributed by atoms with E-state index in [0.717, 1.165) is 50.4 Å². The van der Waals surface area contributed by atoms with E-state index in [0.29, 0.717) is 28.2 Å². The molecule has 1 amide bonds. The molecule has 8 heteroatoms. The van der Waals surface area contributed by atoms with Crippen LogP contribution < -0.4 is 10.2 Å². The maximum atomic E-state index is 12.7. The van der Waals surface area contributed by atoms with Crippen molar-refractivity contribution >= 4 is 34.8 Å². The first-order valence-corrected chi connectivity index (χ1v) is 11.5. The summed E-state index contributed by atoms with van der Waals surface area (Å²) in [6.07, 6.45) is 0.859.